The van der Waals surface area contributed by atoms with Crippen LogP contribution in [-0.4, -0.2) is 24.4 Å². The van der Waals surface area contributed by atoms with Crippen molar-refractivity contribution < 1.29 is 14.0 Å². The van der Waals surface area contributed by atoms with E-state index in [4.69, 9.17) is 14.0 Å². The van der Waals surface area contributed by atoms with Gasteiger partial charge >= 0.3 is 0 Å². The molecule has 0 atom stereocenters. The molecule has 0 N–H and O–H groups in total. The first-order valence-electron chi connectivity index (χ1n) is 3.69. The van der Waals surface area contributed by atoms with E-state index in [9.17, 15) is 0 Å². The molecule has 1 heterocycles. The molecule has 5 heteroatoms. The minimum Gasteiger partial charge on any atom is -0.348 e. The third kappa shape index (κ3) is 1.80. The number of hydrogen-bond donors (Lipinski definition) is 0. The van der Waals surface area contributed by atoms with E-state index in [2.05, 4.69) is 10.1 Å². The van der Waals surface area contributed by atoms with Gasteiger partial charge in [0.25, 0.3) is 5.89 Å². The van der Waals surface area contributed by atoms with Gasteiger partial charge in [-0.25, -0.2) is 0 Å². The quantitative estimate of drug-likeness (QED) is 0.632. The second kappa shape index (κ2) is 4.18. The molecule has 68 valence electrons. The third-order valence-electron chi connectivity index (χ3n) is 1.43. The van der Waals surface area contributed by atoms with Gasteiger partial charge in [0.05, 0.1) is 0 Å². The average Bonchev–Trinajstić information content (AvgIpc) is 2.55. The zero-order valence-electron chi connectivity index (χ0n) is 7.40. The predicted molar refractivity (Wildman–Crippen MR) is 40.4 cm³/mol. The Kier molecular flexibility index (Phi) is 3.19. The Bertz CT molecular complexity index is 232. The molecule has 0 amide bonds. The molecule has 0 fully saturated rings. The molecule has 12 heavy (non-hydrogen) atoms. The Hall–Kier alpha value is -0.940. The van der Waals surface area contributed by atoms with Crippen molar-refractivity contribution in [3.63, 3.8) is 0 Å². The molecule has 0 unspecified atom stereocenters. The fourth-order valence-corrected chi connectivity index (χ4v) is 0.805. The first kappa shape index (κ1) is 9.15. The highest BCUT2D eigenvalue weighted by Crippen LogP contribution is 2.14. The number of hydrogen-bond acceptors (Lipinski definition) is 5. The molecule has 1 aromatic heterocycles. The van der Waals surface area contributed by atoms with Gasteiger partial charge in [-0.05, 0) is 0 Å². The lowest BCUT2D eigenvalue weighted by molar-refractivity contribution is -0.123. The van der Waals surface area contributed by atoms with Crippen molar-refractivity contribution in [1.29, 1.82) is 0 Å². The average molecular weight is 172 g/mol. The van der Waals surface area contributed by atoms with Gasteiger partial charge in [-0.3, -0.25) is 0 Å². The van der Waals surface area contributed by atoms with E-state index in [0.29, 0.717) is 11.7 Å². The van der Waals surface area contributed by atoms with Crippen LogP contribution in [0.4, 0.5) is 0 Å². The van der Waals surface area contributed by atoms with Crippen molar-refractivity contribution in [2.75, 3.05) is 14.2 Å². The molecule has 1 rings (SSSR count). The lowest BCUT2D eigenvalue weighted by atomic mass is 10.5. The Balaban J connectivity index is 2.72. The summed E-state index contributed by atoms with van der Waals surface area (Å²) < 4.78 is 14.7. The maximum absolute atomic E-state index is 4.92. The normalized spacial score (nSPS) is 11.0. The Morgan fingerprint density at radius 2 is 2.08 bits per heavy atom. The summed E-state index contributed by atoms with van der Waals surface area (Å²) in [6.07, 6.45) is 0.182. The summed E-state index contributed by atoms with van der Waals surface area (Å²) in [5, 5.41) is 3.71. The Morgan fingerprint density at radius 1 is 1.42 bits per heavy atom. The van der Waals surface area contributed by atoms with Crippen LogP contribution in [-0.2, 0) is 15.9 Å². The zero-order valence-corrected chi connectivity index (χ0v) is 7.40. The maximum atomic E-state index is 4.92. The van der Waals surface area contributed by atoms with Crippen molar-refractivity contribution in [1.82, 2.24) is 10.1 Å². The van der Waals surface area contributed by atoms with Crippen LogP contribution in [0.1, 0.15) is 24.9 Å². The van der Waals surface area contributed by atoms with E-state index in [0.717, 1.165) is 6.42 Å². The predicted octanol–water partition coefficient (Wildman–Crippen LogP) is 0.923. The van der Waals surface area contributed by atoms with Crippen LogP contribution < -0.4 is 0 Å². The standard InChI is InChI=1S/C7H12N2O3/c1-4-5-8-6(12-9-5)7(10-2)11-3/h7H,4H2,1-3H3. The number of aromatic nitrogens is 2. The molecule has 0 aromatic carbocycles. The van der Waals surface area contributed by atoms with Crippen molar-refractivity contribution in [2.24, 2.45) is 0 Å². The number of ether oxygens (including phenoxy) is 2. The minimum atomic E-state index is -0.558. The number of aryl methyl sites for hydroxylation is 1. The number of nitrogens with zero attached hydrogens (tertiary/aromatic N) is 2. The fourth-order valence-electron chi connectivity index (χ4n) is 0.805. The molecule has 0 aliphatic heterocycles. The SMILES string of the molecule is CCc1noc(C(OC)OC)n1. The fraction of sp³-hybridized carbons (Fsp3) is 0.714. The summed E-state index contributed by atoms with van der Waals surface area (Å²) in [5.41, 5.74) is 0. The lowest BCUT2D eigenvalue weighted by Crippen LogP contribution is -2.03. The second-order valence-corrected chi connectivity index (χ2v) is 2.21. The maximum Gasteiger partial charge on any atom is 0.283 e. The topological polar surface area (TPSA) is 57.4 Å². The highest BCUT2D eigenvalue weighted by Gasteiger charge is 2.16. The highest BCUT2D eigenvalue weighted by molar-refractivity contribution is 4.86. The van der Waals surface area contributed by atoms with Crippen LogP contribution in [0.15, 0.2) is 4.52 Å². The summed E-state index contributed by atoms with van der Waals surface area (Å²) in [7, 11) is 3.04. The number of rotatable bonds is 4. The smallest absolute Gasteiger partial charge is 0.283 e. The molecule has 0 radical (unpaired) electrons. The van der Waals surface area contributed by atoms with E-state index in [1.54, 1.807) is 0 Å². The van der Waals surface area contributed by atoms with E-state index in [1.807, 2.05) is 6.92 Å². The van der Waals surface area contributed by atoms with Gasteiger partial charge in [0, 0.05) is 20.6 Å². The van der Waals surface area contributed by atoms with Crippen LogP contribution in [0.5, 0.6) is 0 Å². The summed E-state index contributed by atoms with van der Waals surface area (Å²) in [6.45, 7) is 1.95. The molecule has 0 saturated heterocycles. The molecular formula is C7H12N2O3. The molecule has 0 bridgehead atoms. The third-order valence-corrected chi connectivity index (χ3v) is 1.43. The number of methoxy groups -OCH3 is 2. The molecule has 0 saturated carbocycles. The van der Waals surface area contributed by atoms with Gasteiger partial charge in [0.15, 0.2) is 5.82 Å². The van der Waals surface area contributed by atoms with Gasteiger partial charge in [0.2, 0.25) is 6.29 Å². The van der Waals surface area contributed by atoms with E-state index >= 15 is 0 Å². The van der Waals surface area contributed by atoms with E-state index < -0.39 is 6.29 Å². The van der Waals surface area contributed by atoms with Crippen LogP contribution >= 0.6 is 0 Å². The molecule has 5 nitrogen and oxygen atoms in total. The molecule has 1 aromatic rings. The highest BCUT2D eigenvalue weighted by atomic mass is 16.7. The van der Waals surface area contributed by atoms with Gasteiger partial charge in [-0.2, -0.15) is 4.98 Å². The van der Waals surface area contributed by atoms with Crippen LogP contribution in [0, 0.1) is 0 Å². The van der Waals surface area contributed by atoms with Gasteiger partial charge in [-0.15, -0.1) is 0 Å². The first-order chi connectivity index (χ1) is 5.81. The summed E-state index contributed by atoms with van der Waals surface area (Å²) in [5.74, 6) is 1.01. The first-order valence-corrected chi connectivity index (χ1v) is 3.69. The monoisotopic (exact) mass is 172 g/mol. The van der Waals surface area contributed by atoms with E-state index in [-0.39, 0.29) is 0 Å². The minimum absolute atomic E-state index is 0.358. The van der Waals surface area contributed by atoms with Crippen molar-refractivity contribution in [3.05, 3.63) is 11.7 Å². The van der Waals surface area contributed by atoms with Crippen LogP contribution in [0.2, 0.25) is 0 Å². The van der Waals surface area contributed by atoms with Crippen LogP contribution in [0.3, 0.4) is 0 Å². The second-order valence-electron chi connectivity index (χ2n) is 2.21. The zero-order chi connectivity index (χ0) is 8.97. The van der Waals surface area contributed by atoms with Gasteiger partial charge in [0.1, 0.15) is 0 Å². The lowest BCUT2D eigenvalue weighted by Gasteiger charge is -2.06. The summed E-state index contributed by atoms with van der Waals surface area (Å²) >= 11 is 0. The van der Waals surface area contributed by atoms with Crippen molar-refractivity contribution in [3.8, 4) is 0 Å². The molecule has 0 spiro atoms. The summed E-state index contributed by atoms with van der Waals surface area (Å²) in [6, 6.07) is 0. The molecule has 0 aliphatic rings. The van der Waals surface area contributed by atoms with Crippen molar-refractivity contribution >= 4 is 0 Å². The van der Waals surface area contributed by atoms with Crippen LogP contribution in [0.25, 0.3) is 0 Å². The summed E-state index contributed by atoms with van der Waals surface area (Å²) in [4.78, 5) is 4.04. The van der Waals surface area contributed by atoms with E-state index in [1.165, 1.54) is 14.2 Å². The van der Waals surface area contributed by atoms with Gasteiger partial charge < -0.3 is 14.0 Å². The largest absolute Gasteiger partial charge is 0.348 e. The molecular weight excluding hydrogens is 160 g/mol. The Labute approximate surface area is 70.7 Å². The van der Waals surface area contributed by atoms with Crippen molar-refractivity contribution in [2.45, 2.75) is 19.6 Å². The molecule has 0 aliphatic carbocycles. The van der Waals surface area contributed by atoms with Gasteiger partial charge in [-0.1, -0.05) is 12.1 Å². The Morgan fingerprint density at radius 3 is 2.50 bits per heavy atom.